The quantitative estimate of drug-likeness (QED) is 0.523. The zero-order valence-electron chi connectivity index (χ0n) is 17.1. The Labute approximate surface area is 164 Å². The molecule has 2 aromatic heterocycles. The van der Waals surface area contributed by atoms with Crippen LogP contribution < -0.4 is 5.56 Å². The van der Waals surface area contributed by atoms with Crippen LogP contribution in [0.2, 0.25) is 0 Å². The summed E-state index contributed by atoms with van der Waals surface area (Å²) < 4.78 is 3.43. The van der Waals surface area contributed by atoms with Crippen LogP contribution in [0.4, 0.5) is 0 Å². The molecule has 5 heteroatoms. The molecule has 0 atom stereocenters. The van der Waals surface area contributed by atoms with Gasteiger partial charge >= 0.3 is 0 Å². The largest absolute Gasteiger partial charge is 0.293 e. The highest BCUT2D eigenvalue weighted by Crippen LogP contribution is 2.25. The number of hydrogen-bond acceptors (Lipinski definition) is 3. The minimum Gasteiger partial charge on any atom is -0.265 e. The molecular weight excluding hydrogens is 348 g/mol. The number of aromatic nitrogens is 4. The fourth-order valence-corrected chi connectivity index (χ4v) is 3.73. The monoisotopic (exact) mass is 374 g/mol. The lowest BCUT2D eigenvalue weighted by molar-refractivity contribution is 0.366. The molecule has 0 N–H and O–H groups in total. The van der Waals surface area contributed by atoms with E-state index in [1.165, 1.54) is 0 Å². The van der Waals surface area contributed by atoms with Crippen LogP contribution in [0.3, 0.4) is 0 Å². The van der Waals surface area contributed by atoms with Crippen molar-refractivity contribution in [1.82, 2.24) is 19.6 Å². The van der Waals surface area contributed by atoms with Gasteiger partial charge in [-0.25, -0.2) is 4.68 Å². The van der Waals surface area contributed by atoms with Gasteiger partial charge in [-0.15, -0.1) is 0 Å². The summed E-state index contributed by atoms with van der Waals surface area (Å²) in [6.07, 6.45) is 1.78. The standard InChI is InChI=1S/C23H26N4O/c1-15(2)20-19-13-24-27(23(3,4)5)21(19)22(28)26(25-20)14-17-11-8-10-16-9-6-7-12-18(16)17/h6-13,15H,14H2,1-5H3. The van der Waals surface area contributed by atoms with Crippen LogP contribution in [0.25, 0.3) is 21.7 Å². The fraction of sp³-hybridized carbons (Fsp3) is 0.348. The topological polar surface area (TPSA) is 52.7 Å². The first kappa shape index (κ1) is 18.4. The second-order valence-electron chi connectivity index (χ2n) is 8.63. The molecule has 0 bridgehead atoms. The molecular formula is C23H26N4O. The summed E-state index contributed by atoms with van der Waals surface area (Å²) in [5.41, 5.74) is 2.24. The van der Waals surface area contributed by atoms with Crippen molar-refractivity contribution in [2.45, 2.75) is 52.6 Å². The summed E-state index contributed by atoms with van der Waals surface area (Å²) in [7, 11) is 0. The van der Waals surface area contributed by atoms with Crippen LogP contribution in [0.15, 0.2) is 53.5 Å². The first-order valence-corrected chi connectivity index (χ1v) is 9.73. The first-order chi connectivity index (χ1) is 13.3. The highest BCUT2D eigenvalue weighted by molar-refractivity contribution is 5.85. The molecule has 5 nitrogen and oxygen atoms in total. The Kier molecular flexibility index (Phi) is 4.33. The van der Waals surface area contributed by atoms with Crippen molar-refractivity contribution >= 4 is 21.7 Å². The molecule has 0 aliphatic rings. The van der Waals surface area contributed by atoms with Gasteiger partial charge in [-0.05, 0) is 43.0 Å². The Hall–Kier alpha value is -2.95. The van der Waals surface area contributed by atoms with Gasteiger partial charge in [-0.1, -0.05) is 56.3 Å². The Bertz CT molecular complexity index is 1220. The SMILES string of the molecule is CC(C)c1nn(Cc2cccc3ccccc23)c(=O)c2c1cnn2C(C)(C)C. The third kappa shape index (κ3) is 3.01. The first-order valence-electron chi connectivity index (χ1n) is 9.73. The molecule has 2 aromatic carbocycles. The fourth-order valence-electron chi connectivity index (χ4n) is 3.73. The molecule has 0 radical (unpaired) electrons. The van der Waals surface area contributed by atoms with Gasteiger partial charge in [-0.3, -0.25) is 9.48 Å². The molecule has 0 spiro atoms. The van der Waals surface area contributed by atoms with E-state index in [1.807, 2.05) is 22.9 Å². The number of hydrogen-bond donors (Lipinski definition) is 0. The smallest absolute Gasteiger partial charge is 0.265 e. The van der Waals surface area contributed by atoms with Crippen molar-refractivity contribution in [3.63, 3.8) is 0 Å². The zero-order valence-corrected chi connectivity index (χ0v) is 17.1. The van der Waals surface area contributed by atoms with E-state index in [4.69, 9.17) is 5.10 Å². The van der Waals surface area contributed by atoms with Gasteiger partial charge in [0.2, 0.25) is 0 Å². The van der Waals surface area contributed by atoms with Crippen LogP contribution in [0.5, 0.6) is 0 Å². The predicted molar refractivity (Wildman–Crippen MR) is 114 cm³/mol. The lowest BCUT2D eigenvalue weighted by atomic mass is 10.0. The van der Waals surface area contributed by atoms with Crippen molar-refractivity contribution in [3.8, 4) is 0 Å². The second kappa shape index (κ2) is 6.59. The van der Waals surface area contributed by atoms with E-state index >= 15 is 0 Å². The number of benzene rings is 2. The summed E-state index contributed by atoms with van der Waals surface area (Å²) in [5, 5.41) is 12.4. The van der Waals surface area contributed by atoms with Crippen LogP contribution >= 0.6 is 0 Å². The highest BCUT2D eigenvalue weighted by Gasteiger charge is 2.23. The molecule has 4 aromatic rings. The molecule has 144 valence electrons. The minimum atomic E-state index is -0.284. The van der Waals surface area contributed by atoms with Gasteiger partial charge in [0, 0.05) is 5.39 Å². The molecule has 0 saturated carbocycles. The van der Waals surface area contributed by atoms with Crippen molar-refractivity contribution < 1.29 is 0 Å². The van der Waals surface area contributed by atoms with Crippen LogP contribution in [0.1, 0.15) is 51.8 Å². The Morgan fingerprint density at radius 1 is 1.00 bits per heavy atom. The van der Waals surface area contributed by atoms with Crippen molar-refractivity contribution in [2.24, 2.45) is 0 Å². The van der Waals surface area contributed by atoms with Crippen molar-refractivity contribution in [1.29, 1.82) is 0 Å². The van der Waals surface area contributed by atoms with E-state index < -0.39 is 0 Å². The van der Waals surface area contributed by atoms with Crippen LogP contribution in [-0.2, 0) is 12.1 Å². The van der Waals surface area contributed by atoms with E-state index in [0.717, 1.165) is 27.4 Å². The lowest BCUT2D eigenvalue weighted by Gasteiger charge is -2.21. The third-order valence-electron chi connectivity index (χ3n) is 5.09. The molecule has 4 rings (SSSR count). The molecule has 2 heterocycles. The summed E-state index contributed by atoms with van der Waals surface area (Å²) in [6.45, 7) is 10.8. The molecule has 0 aliphatic carbocycles. The van der Waals surface area contributed by atoms with Gasteiger partial charge < -0.3 is 0 Å². The van der Waals surface area contributed by atoms with Crippen molar-refractivity contribution in [3.05, 3.63) is 70.3 Å². The molecule has 28 heavy (non-hydrogen) atoms. The zero-order chi connectivity index (χ0) is 20.1. The summed E-state index contributed by atoms with van der Waals surface area (Å²) in [6, 6.07) is 14.4. The maximum atomic E-state index is 13.4. The van der Waals surface area contributed by atoms with E-state index in [-0.39, 0.29) is 17.0 Å². The summed E-state index contributed by atoms with van der Waals surface area (Å²) in [5.74, 6) is 0.194. The van der Waals surface area contributed by atoms with Crippen LogP contribution in [0, 0.1) is 0 Å². The van der Waals surface area contributed by atoms with Gasteiger partial charge in [0.1, 0.15) is 5.52 Å². The maximum Gasteiger partial charge on any atom is 0.293 e. The molecule has 0 amide bonds. The maximum absolute atomic E-state index is 13.4. The van der Waals surface area contributed by atoms with Gasteiger partial charge in [0.05, 0.1) is 24.0 Å². The summed E-state index contributed by atoms with van der Waals surface area (Å²) in [4.78, 5) is 13.4. The Balaban J connectivity index is 1.96. The predicted octanol–water partition coefficient (Wildman–Crippen LogP) is 4.67. The lowest BCUT2D eigenvalue weighted by Crippen LogP contribution is -2.31. The summed E-state index contributed by atoms with van der Waals surface area (Å²) >= 11 is 0. The van der Waals surface area contributed by atoms with Gasteiger partial charge in [-0.2, -0.15) is 10.2 Å². The van der Waals surface area contributed by atoms with Crippen LogP contribution in [-0.4, -0.2) is 19.6 Å². The van der Waals surface area contributed by atoms with E-state index in [2.05, 4.69) is 64.0 Å². The third-order valence-corrected chi connectivity index (χ3v) is 5.09. The Morgan fingerprint density at radius 3 is 2.43 bits per heavy atom. The average molecular weight is 374 g/mol. The highest BCUT2D eigenvalue weighted by atomic mass is 16.1. The van der Waals surface area contributed by atoms with Gasteiger partial charge in [0.25, 0.3) is 5.56 Å². The van der Waals surface area contributed by atoms with Crippen molar-refractivity contribution in [2.75, 3.05) is 0 Å². The normalized spacial score (nSPS) is 12.4. The second-order valence-corrected chi connectivity index (χ2v) is 8.63. The molecule has 0 fully saturated rings. The number of rotatable bonds is 3. The van der Waals surface area contributed by atoms with E-state index in [0.29, 0.717) is 12.1 Å². The average Bonchev–Trinajstić information content (AvgIpc) is 3.10. The number of fused-ring (bicyclic) bond motifs is 2. The molecule has 0 unspecified atom stereocenters. The van der Waals surface area contributed by atoms with E-state index in [1.54, 1.807) is 10.9 Å². The number of nitrogens with zero attached hydrogens (tertiary/aromatic N) is 4. The minimum absolute atomic E-state index is 0.0974. The van der Waals surface area contributed by atoms with Gasteiger partial charge in [0.15, 0.2) is 0 Å². The molecule has 0 aliphatic heterocycles. The molecule has 0 saturated heterocycles. The van der Waals surface area contributed by atoms with E-state index in [9.17, 15) is 4.79 Å². The Morgan fingerprint density at radius 2 is 1.71 bits per heavy atom.